The topological polar surface area (TPSA) is 37.8 Å². The highest BCUT2D eigenvalue weighted by Gasteiger charge is 2.10. The first kappa shape index (κ1) is 10.7. The van der Waals surface area contributed by atoms with E-state index in [1.807, 2.05) is 17.9 Å². The average Bonchev–Trinajstić information content (AvgIpc) is 2.89. The highest BCUT2D eigenvalue weighted by atomic mass is 32.1. The van der Waals surface area contributed by atoms with E-state index >= 15 is 0 Å². The fraction of sp³-hybridized carbons (Fsp3) is 0.400. The molecule has 0 bridgehead atoms. The zero-order valence-corrected chi connectivity index (χ0v) is 10.4. The van der Waals surface area contributed by atoms with Crippen molar-refractivity contribution in [2.75, 3.05) is 6.54 Å². The molecule has 0 aromatic carbocycles. The molecular weight excluding hydrogens is 226 g/mol. The van der Waals surface area contributed by atoms with Gasteiger partial charge in [0.2, 0.25) is 0 Å². The molecule has 3 nitrogen and oxygen atoms in total. The second-order valence-electron chi connectivity index (χ2n) is 3.21. The lowest BCUT2D eigenvalue weighted by molar-refractivity contribution is 0.606. The summed E-state index contributed by atoms with van der Waals surface area (Å²) in [6.45, 7) is 5.25. The van der Waals surface area contributed by atoms with Gasteiger partial charge in [-0.15, -0.1) is 22.7 Å². The normalized spacial score (nSPS) is 12.9. The molecule has 5 heteroatoms. The van der Waals surface area contributed by atoms with Crippen molar-refractivity contribution in [3.8, 4) is 9.88 Å². The van der Waals surface area contributed by atoms with Crippen molar-refractivity contribution in [1.29, 1.82) is 0 Å². The molecule has 0 aliphatic carbocycles. The van der Waals surface area contributed by atoms with Crippen LogP contribution in [0.25, 0.3) is 9.88 Å². The highest BCUT2D eigenvalue weighted by molar-refractivity contribution is 7.20. The minimum atomic E-state index is 0.383. The summed E-state index contributed by atoms with van der Waals surface area (Å²) in [5, 5.41) is 4.45. The zero-order chi connectivity index (χ0) is 10.7. The van der Waals surface area contributed by atoms with Gasteiger partial charge in [0.05, 0.1) is 10.4 Å². The van der Waals surface area contributed by atoms with Crippen LogP contribution in [0.1, 0.15) is 24.8 Å². The van der Waals surface area contributed by atoms with Gasteiger partial charge < -0.3 is 5.32 Å². The molecule has 0 fully saturated rings. The molecule has 0 aliphatic rings. The molecule has 80 valence electrons. The molecule has 0 saturated carbocycles. The summed E-state index contributed by atoms with van der Waals surface area (Å²) in [6.07, 6.45) is 3.82. The number of nitrogens with zero attached hydrogens (tertiary/aromatic N) is 2. The summed E-state index contributed by atoms with van der Waals surface area (Å²) in [5.41, 5.74) is 1.84. The molecule has 2 aromatic heterocycles. The summed E-state index contributed by atoms with van der Waals surface area (Å²) in [5.74, 6) is 0. The van der Waals surface area contributed by atoms with Gasteiger partial charge in [-0.05, 0) is 13.5 Å². The van der Waals surface area contributed by atoms with E-state index in [0.29, 0.717) is 6.04 Å². The van der Waals surface area contributed by atoms with Gasteiger partial charge in [-0.3, -0.25) is 4.98 Å². The summed E-state index contributed by atoms with van der Waals surface area (Å²) in [4.78, 5) is 10.9. The van der Waals surface area contributed by atoms with Crippen LogP contribution in [-0.4, -0.2) is 16.5 Å². The van der Waals surface area contributed by atoms with E-state index in [9.17, 15) is 0 Å². The number of nitrogens with one attached hydrogen (secondary N) is 1. The Morgan fingerprint density at radius 3 is 3.00 bits per heavy atom. The van der Waals surface area contributed by atoms with Gasteiger partial charge in [-0.1, -0.05) is 6.92 Å². The Kier molecular flexibility index (Phi) is 3.45. The Morgan fingerprint density at radius 2 is 2.33 bits per heavy atom. The van der Waals surface area contributed by atoms with Crippen LogP contribution >= 0.6 is 22.7 Å². The first-order valence-electron chi connectivity index (χ1n) is 4.89. The van der Waals surface area contributed by atoms with Crippen LogP contribution in [0.15, 0.2) is 17.9 Å². The lowest BCUT2D eigenvalue weighted by atomic mass is 10.3. The number of thiazole rings is 2. The van der Waals surface area contributed by atoms with Crippen molar-refractivity contribution >= 4 is 22.7 Å². The Morgan fingerprint density at radius 1 is 1.47 bits per heavy atom. The van der Waals surface area contributed by atoms with Crippen molar-refractivity contribution in [2.45, 2.75) is 19.9 Å². The molecule has 1 atom stereocenters. The maximum absolute atomic E-state index is 4.41. The van der Waals surface area contributed by atoms with Crippen LogP contribution < -0.4 is 5.32 Å². The van der Waals surface area contributed by atoms with Crippen molar-refractivity contribution in [1.82, 2.24) is 15.3 Å². The van der Waals surface area contributed by atoms with Crippen molar-refractivity contribution in [3.63, 3.8) is 0 Å². The van der Waals surface area contributed by atoms with E-state index in [-0.39, 0.29) is 0 Å². The lowest BCUT2D eigenvalue weighted by Gasteiger charge is -2.07. The van der Waals surface area contributed by atoms with E-state index < -0.39 is 0 Å². The van der Waals surface area contributed by atoms with Crippen LogP contribution in [-0.2, 0) is 0 Å². The van der Waals surface area contributed by atoms with Crippen molar-refractivity contribution in [3.05, 3.63) is 22.8 Å². The van der Waals surface area contributed by atoms with E-state index in [0.717, 1.165) is 16.4 Å². The number of aromatic nitrogens is 2. The molecule has 15 heavy (non-hydrogen) atoms. The van der Waals surface area contributed by atoms with Crippen LogP contribution in [0.2, 0.25) is 0 Å². The Labute approximate surface area is 97.2 Å². The summed E-state index contributed by atoms with van der Waals surface area (Å²) < 4.78 is 0. The van der Waals surface area contributed by atoms with Gasteiger partial charge in [0.25, 0.3) is 0 Å². The molecular formula is C10H13N3S2. The predicted octanol–water partition coefficient (Wildman–Crippen LogP) is 2.94. The van der Waals surface area contributed by atoms with Gasteiger partial charge >= 0.3 is 0 Å². The van der Waals surface area contributed by atoms with Crippen molar-refractivity contribution < 1.29 is 0 Å². The SMILES string of the molecule is CCNC(C)c1cnc(-c2cncs2)s1. The minimum Gasteiger partial charge on any atom is -0.310 e. The first-order valence-corrected chi connectivity index (χ1v) is 6.59. The second-order valence-corrected chi connectivity index (χ2v) is 5.16. The average molecular weight is 239 g/mol. The van der Waals surface area contributed by atoms with Crippen LogP contribution in [0.4, 0.5) is 0 Å². The predicted molar refractivity (Wildman–Crippen MR) is 65.3 cm³/mol. The largest absolute Gasteiger partial charge is 0.310 e. The minimum absolute atomic E-state index is 0.383. The number of rotatable bonds is 4. The maximum Gasteiger partial charge on any atom is 0.135 e. The van der Waals surface area contributed by atoms with Gasteiger partial charge in [-0.2, -0.15) is 0 Å². The van der Waals surface area contributed by atoms with Gasteiger partial charge in [0, 0.05) is 23.3 Å². The van der Waals surface area contributed by atoms with E-state index in [4.69, 9.17) is 0 Å². The molecule has 2 aromatic rings. The molecule has 0 spiro atoms. The Bertz CT molecular complexity index is 408. The maximum atomic E-state index is 4.41. The third-order valence-electron chi connectivity index (χ3n) is 2.10. The molecule has 0 radical (unpaired) electrons. The summed E-state index contributed by atoms with van der Waals surface area (Å²) >= 11 is 3.37. The molecule has 1 unspecified atom stereocenters. The quantitative estimate of drug-likeness (QED) is 0.891. The van der Waals surface area contributed by atoms with Crippen LogP contribution in [0, 0.1) is 0 Å². The van der Waals surface area contributed by atoms with E-state index in [2.05, 4.69) is 29.1 Å². The van der Waals surface area contributed by atoms with Crippen LogP contribution in [0.5, 0.6) is 0 Å². The van der Waals surface area contributed by atoms with Gasteiger partial charge in [-0.25, -0.2) is 4.98 Å². The highest BCUT2D eigenvalue weighted by Crippen LogP contribution is 2.30. The molecule has 2 heterocycles. The van der Waals surface area contributed by atoms with Gasteiger partial charge in [0.15, 0.2) is 0 Å². The lowest BCUT2D eigenvalue weighted by Crippen LogP contribution is -2.16. The third-order valence-corrected chi connectivity index (χ3v) is 4.23. The fourth-order valence-electron chi connectivity index (χ4n) is 1.33. The zero-order valence-electron chi connectivity index (χ0n) is 8.73. The molecule has 0 aliphatic heterocycles. The first-order chi connectivity index (χ1) is 7.31. The van der Waals surface area contributed by atoms with E-state index in [1.165, 1.54) is 4.88 Å². The number of hydrogen-bond acceptors (Lipinski definition) is 5. The van der Waals surface area contributed by atoms with Crippen LogP contribution in [0.3, 0.4) is 0 Å². The molecule has 0 saturated heterocycles. The Balaban J connectivity index is 2.17. The van der Waals surface area contributed by atoms with E-state index in [1.54, 1.807) is 22.7 Å². The standard InChI is InChI=1S/C10H13N3S2/c1-3-12-7(2)8-5-13-10(15-8)9-4-11-6-14-9/h4-7,12H,3H2,1-2H3. The monoisotopic (exact) mass is 239 g/mol. The molecule has 0 amide bonds. The smallest absolute Gasteiger partial charge is 0.135 e. The number of hydrogen-bond donors (Lipinski definition) is 1. The molecule has 1 N–H and O–H groups in total. The molecule has 2 rings (SSSR count). The summed E-state index contributed by atoms with van der Waals surface area (Å²) in [6, 6.07) is 0.383. The van der Waals surface area contributed by atoms with Crippen molar-refractivity contribution in [2.24, 2.45) is 0 Å². The summed E-state index contributed by atoms with van der Waals surface area (Å²) in [7, 11) is 0. The fourth-order valence-corrected chi connectivity index (χ4v) is 2.96. The third kappa shape index (κ3) is 2.42. The van der Waals surface area contributed by atoms with Gasteiger partial charge in [0.1, 0.15) is 5.01 Å². The Hall–Kier alpha value is -0.780. The second kappa shape index (κ2) is 4.83.